The molecule has 8 nitrogen and oxygen atoms in total. The number of fused-ring (bicyclic) bond motifs is 1. The van der Waals surface area contributed by atoms with Gasteiger partial charge in [-0.05, 0) is 55.4 Å². The highest BCUT2D eigenvalue weighted by Crippen LogP contribution is 2.32. The molecule has 1 aliphatic rings. The molecule has 4 aromatic rings. The van der Waals surface area contributed by atoms with Crippen LogP contribution in [0.15, 0.2) is 63.8 Å². The Kier molecular flexibility index (Phi) is 4.90. The summed E-state index contributed by atoms with van der Waals surface area (Å²) >= 11 is 0. The van der Waals surface area contributed by atoms with Crippen molar-refractivity contribution < 1.29 is 13.6 Å². The minimum atomic E-state index is -0.107. The van der Waals surface area contributed by atoms with Crippen LogP contribution in [0.1, 0.15) is 6.42 Å². The van der Waals surface area contributed by atoms with Gasteiger partial charge in [-0.2, -0.15) is 0 Å². The van der Waals surface area contributed by atoms with Crippen LogP contribution >= 0.6 is 0 Å². The van der Waals surface area contributed by atoms with Crippen molar-refractivity contribution in [2.45, 2.75) is 6.42 Å². The molecule has 0 atom stereocenters. The molecule has 2 N–H and O–H groups in total. The lowest BCUT2D eigenvalue weighted by molar-refractivity contribution is 0.215. The highest BCUT2D eigenvalue weighted by Gasteiger charge is 2.19. The van der Waals surface area contributed by atoms with E-state index in [1.54, 1.807) is 18.6 Å². The molecule has 0 unspecified atom stereocenters. The lowest BCUT2D eigenvalue weighted by Crippen LogP contribution is -2.37. The van der Waals surface area contributed by atoms with Crippen LogP contribution in [0.4, 0.5) is 10.5 Å². The molecule has 152 valence electrons. The maximum atomic E-state index is 12.6. The maximum absolute atomic E-state index is 12.6. The fourth-order valence-corrected chi connectivity index (χ4v) is 3.55. The Balaban J connectivity index is 1.50. The number of urea groups is 1. The summed E-state index contributed by atoms with van der Waals surface area (Å²) in [5, 5.41) is 6.28. The maximum Gasteiger partial charge on any atom is 0.321 e. The highest BCUT2D eigenvalue weighted by molar-refractivity contribution is 5.93. The summed E-state index contributed by atoms with van der Waals surface area (Å²) in [5.74, 6) is 1.21. The van der Waals surface area contributed by atoms with Crippen molar-refractivity contribution in [3.63, 3.8) is 0 Å². The third kappa shape index (κ3) is 3.65. The van der Waals surface area contributed by atoms with Gasteiger partial charge in [-0.3, -0.25) is 0 Å². The number of anilines is 1. The Morgan fingerprint density at radius 1 is 0.933 bits per heavy atom. The number of furan rings is 2. The van der Waals surface area contributed by atoms with Crippen molar-refractivity contribution in [3.8, 4) is 22.9 Å². The van der Waals surface area contributed by atoms with E-state index in [4.69, 9.17) is 18.8 Å². The molecular formula is C22H21N5O3. The first-order valence-electron chi connectivity index (χ1n) is 9.94. The highest BCUT2D eigenvalue weighted by atomic mass is 16.3. The van der Waals surface area contributed by atoms with Gasteiger partial charge in [0.2, 0.25) is 0 Å². The number of carbonyl (C=O) groups is 1. The standard InChI is InChI=1S/C22H21N5O3/c28-22(27-10-3-8-23-9-11-27)24-15-6-7-16-17(14-15)26-21(19-5-2-13-30-19)20(25-16)18-4-1-12-29-18/h1-2,4-7,12-14,23H,3,8-11H2,(H,24,28). The van der Waals surface area contributed by atoms with E-state index in [1.165, 1.54) is 0 Å². The fourth-order valence-electron chi connectivity index (χ4n) is 3.55. The van der Waals surface area contributed by atoms with E-state index in [9.17, 15) is 4.79 Å². The smallest absolute Gasteiger partial charge is 0.321 e. The first-order chi connectivity index (χ1) is 14.8. The van der Waals surface area contributed by atoms with Crippen LogP contribution in [0.5, 0.6) is 0 Å². The summed E-state index contributed by atoms with van der Waals surface area (Å²) < 4.78 is 11.1. The van der Waals surface area contributed by atoms with Crippen LogP contribution in [0.25, 0.3) is 33.9 Å². The van der Waals surface area contributed by atoms with E-state index in [0.717, 1.165) is 26.1 Å². The number of hydrogen-bond donors (Lipinski definition) is 2. The molecule has 0 saturated carbocycles. The molecule has 1 aliphatic heterocycles. The van der Waals surface area contributed by atoms with Crippen molar-refractivity contribution in [2.24, 2.45) is 0 Å². The second-order valence-corrected chi connectivity index (χ2v) is 7.10. The molecule has 1 saturated heterocycles. The van der Waals surface area contributed by atoms with Gasteiger partial charge in [0.25, 0.3) is 0 Å². The molecule has 0 bridgehead atoms. The molecule has 30 heavy (non-hydrogen) atoms. The molecule has 8 heteroatoms. The largest absolute Gasteiger partial charge is 0.463 e. The number of amides is 2. The van der Waals surface area contributed by atoms with Crippen LogP contribution in [0, 0.1) is 0 Å². The van der Waals surface area contributed by atoms with Crippen LogP contribution in [0.3, 0.4) is 0 Å². The summed E-state index contributed by atoms with van der Waals surface area (Å²) in [5.41, 5.74) is 3.23. The summed E-state index contributed by atoms with van der Waals surface area (Å²) in [7, 11) is 0. The third-order valence-corrected chi connectivity index (χ3v) is 5.05. The zero-order valence-electron chi connectivity index (χ0n) is 16.3. The Bertz CT molecular complexity index is 1150. The molecule has 4 heterocycles. The van der Waals surface area contributed by atoms with Gasteiger partial charge in [0.1, 0.15) is 11.4 Å². The number of nitrogens with one attached hydrogen (secondary N) is 2. The van der Waals surface area contributed by atoms with Gasteiger partial charge in [-0.25, -0.2) is 14.8 Å². The van der Waals surface area contributed by atoms with E-state index >= 15 is 0 Å². The third-order valence-electron chi connectivity index (χ3n) is 5.05. The quantitative estimate of drug-likeness (QED) is 0.537. The minimum Gasteiger partial charge on any atom is -0.463 e. The molecule has 0 aliphatic carbocycles. The topological polar surface area (TPSA) is 96.4 Å². The fraction of sp³-hybridized carbons (Fsp3) is 0.227. The lowest BCUT2D eigenvalue weighted by atomic mass is 10.1. The lowest BCUT2D eigenvalue weighted by Gasteiger charge is -2.20. The first kappa shape index (κ1) is 18.4. The van der Waals surface area contributed by atoms with Crippen LogP contribution < -0.4 is 10.6 Å². The summed E-state index contributed by atoms with van der Waals surface area (Å²) in [4.78, 5) is 24.0. The van der Waals surface area contributed by atoms with E-state index in [1.807, 2.05) is 41.3 Å². The number of carbonyl (C=O) groups excluding carboxylic acids is 1. The van der Waals surface area contributed by atoms with Gasteiger partial charge in [-0.1, -0.05) is 0 Å². The zero-order valence-corrected chi connectivity index (χ0v) is 16.3. The molecule has 5 rings (SSSR count). The zero-order chi connectivity index (χ0) is 20.3. The second kappa shape index (κ2) is 8.00. The number of hydrogen-bond acceptors (Lipinski definition) is 6. The average Bonchev–Trinajstić information content (AvgIpc) is 3.43. The Morgan fingerprint density at radius 3 is 2.37 bits per heavy atom. The number of nitrogens with zero attached hydrogens (tertiary/aromatic N) is 3. The molecule has 2 amide bonds. The van der Waals surface area contributed by atoms with Crippen LogP contribution in [-0.2, 0) is 0 Å². The van der Waals surface area contributed by atoms with Gasteiger partial charge in [-0.15, -0.1) is 0 Å². The predicted molar refractivity (Wildman–Crippen MR) is 113 cm³/mol. The van der Waals surface area contributed by atoms with Gasteiger partial charge in [0, 0.05) is 25.3 Å². The van der Waals surface area contributed by atoms with Gasteiger partial charge in [0.15, 0.2) is 11.5 Å². The van der Waals surface area contributed by atoms with Gasteiger partial charge >= 0.3 is 6.03 Å². The van der Waals surface area contributed by atoms with Crippen molar-refractivity contribution in [3.05, 3.63) is 55.0 Å². The summed E-state index contributed by atoms with van der Waals surface area (Å²) in [6, 6.07) is 12.7. The van der Waals surface area contributed by atoms with Gasteiger partial charge in [0.05, 0.1) is 23.6 Å². The number of benzene rings is 1. The van der Waals surface area contributed by atoms with E-state index in [-0.39, 0.29) is 6.03 Å². The second-order valence-electron chi connectivity index (χ2n) is 7.10. The Morgan fingerprint density at radius 2 is 1.67 bits per heavy atom. The SMILES string of the molecule is O=C(Nc1ccc2nc(-c3ccco3)c(-c3ccco3)nc2c1)N1CCCNCC1. The monoisotopic (exact) mass is 403 g/mol. The van der Waals surface area contributed by atoms with Gasteiger partial charge < -0.3 is 24.4 Å². The van der Waals surface area contributed by atoms with E-state index < -0.39 is 0 Å². The van der Waals surface area contributed by atoms with Crippen molar-refractivity contribution in [1.82, 2.24) is 20.2 Å². The minimum absolute atomic E-state index is 0.107. The van der Waals surface area contributed by atoms with E-state index in [0.29, 0.717) is 46.2 Å². The molecule has 3 aromatic heterocycles. The van der Waals surface area contributed by atoms with Crippen molar-refractivity contribution in [1.29, 1.82) is 0 Å². The normalized spacial score (nSPS) is 14.6. The van der Waals surface area contributed by atoms with Crippen LogP contribution in [-0.4, -0.2) is 47.1 Å². The molecule has 0 spiro atoms. The van der Waals surface area contributed by atoms with Crippen molar-refractivity contribution >= 4 is 22.8 Å². The summed E-state index contributed by atoms with van der Waals surface area (Å²) in [6.45, 7) is 3.16. The Hall–Kier alpha value is -3.65. The Labute approximate surface area is 172 Å². The molecule has 1 fully saturated rings. The summed E-state index contributed by atoms with van der Waals surface area (Å²) in [6.07, 6.45) is 4.14. The van der Waals surface area contributed by atoms with E-state index in [2.05, 4.69) is 10.6 Å². The number of aromatic nitrogens is 2. The average molecular weight is 403 g/mol. The first-order valence-corrected chi connectivity index (χ1v) is 9.94. The molecule has 1 aromatic carbocycles. The van der Waals surface area contributed by atoms with Crippen LogP contribution in [0.2, 0.25) is 0 Å². The molecular weight excluding hydrogens is 382 g/mol. The molecule has 0 radical (unpaired) electrons. The predicted octanol–water partition coefficient (Wildman–Crippen LogP) is 3.98. The number of rotatable bonds is 3. The van der Waals surface area contributed by atoms with Crippen molar-refractivity contribution in [2.75, 3.05) is 31.5 Å².